The molecule has 0 radical (unpaired) electrons. The number of benzene rings is 2. The zero-order valence-corrected chi connectivity index (χ0v) is 21.5. The van der Waals surface area contributed by atoms with Gasteiger partial charge in [-0.05, 0) is 91.0 Å². The summed E-state index contributed by atoms with van der Waals surface area (Å²) in [5.41, 5.74) is 4.34. The summed E-state index contributed by atoms with van der Waals surface area (Å²) in [5.74, 6) is 1.69. The van der Waals surface area contributed by atoms with E-state index in [1.807, 2.05) is 56.5 Å². The van der Waals surface area contributed by atoms with Gasteiger partial charge in [0.05, 0.1) is 11.4 Å². The van der Waals surface area contributed by atoms with Crippen LogP contribution in [0.1, 0.15) is 49.4 Å². The van der Waals surface area contributed by atoms with E-state index < -0.39 is 0 Å². The molecule has 3 aromatic rings. The lowest BCUT2D eigenvalue weighted by molar-refractivity contribution is -0.113. The van der Waals surface area contributed by atoms with Crippen LogP contribution in [-0.2, 0) is 17.8 Å². The Morgan fingerprint density at radius 1 is 1.16 bits per heavy atom. The Morgan fingerprint density at radius 3 is 2.50 bits per heavy atom. The SMILES string of the molecule is CCc1ccc(O[C@@H](C)c2nnc(SCC(=O)Nc3cc(C)c(C)cc3Br)n2CC)cc1. The summed E-state index contributed by atoms with van der Waals surface area (Å²) in [4.78, 5) is 12.5. The summed E-state index contributed by atoms with van der Waals surface area (Å²) in [6.45, 7) is 10.9. The van der Waals surface area contributed by atoms with Crippen LogP contribution in [0.25, 0.3) is 0 Å². The molecule has 0 aliphatic carbocycles. The van der Waals surface area contributed by atoms with Crippen molar-refractivity contribution in [3.63, 3.8) is 0 Å². The molecular weight excluding hydrogens is 488 g/mol. The molecule has 1 N–H and O–H groups in total. The van der Waals surface area contributed by atoms with E-state index in [2.05, 4.69) is 50.5 Å². The van der Waals surface area contributed by atoms with E-state index in [1.54, 1.807) is 0 Å². The van der Waals surface area contributed by atoms with Gasteiger partial charge < -0.3 is 14.6 Å². The number of ether oxygens (including phenoxy) is 1. The van der Waals surface area contributed by atoms with E-state index in [1.165, 1.54) is 22.9 Å². The maximum absolute atomic E-state index is 12.5. The minimum atomic E-state index is -0.260. The Kier molecular flexibility index (Phi) is 8.37. The Bertz CT molecular complexity index is 1080. The first kappa shape index (κ1) is 24.3. The van der Waals surface area contributed by atoms with Crippen molar-refractivity contribution in [2.45, 2.75) is 58.8 Å². The first-order valence-electron chi connectivity index (χ1n) is 10.7. The standard InChI is InChI=1S/C24H29BrN4O2S/c1-6-18-8-10-19(11-9-18)31-17(5)23-27-28-24(29(23)7-2)32-14-22(30)26-21-13-16(4)15(3)12-20(21)25/h8-13,17H,6-7,14H2,1-5H3,(H,26,30)/t17-/m0/s1. The normalized spacial score (nSPS) is 11.9. The summed E-state index contributed by atoms with van der Waals surface area (Å²) in [7, 11) is 0. The molecule has 0 saturated carbocycles. The minimum Gasteiger partial charge on any atom is -0.483 e. The molecule has 1 heterocycles. The molecule has 2 aromatic carbocycles. The van der Waals surface area contributed by atoms with Crippen LogP contribution in [-0.4, -0.2) is 26.4 Å². The molecule has 0 saturated heterocycles. The van der Waals surface area contributed by atoms with Crippen LogP contribution in [0.3, 0.4) is 0 Å². The predicted octanol–water partition coefficient (Wildman–Crippen LogP) is 6.11. The summed E-state index contributed by atoms with van der Waals surface area (Å²) < 4.78 is 8.94. The topological polar surface area (TPSA) is 69.0 Å². The highest BCUT2D eigenvalue weighted by Gasteiger charge is 2.19. The molecule has 0 bridgehead atoms. The first-order valence-corrected chi connectivity index (χ1v) is 12.5. The lowest BCUT2D eigenvalue weighted by Crippen LogP contribution is -2.16. The van der Waals surface area contributed by atoms with Crippen LogP contribution < -0.4 is 10.1 Å². The fourth-order valence-electron chi connectivity index (χ4n) is 3.26. The number of amides is 1. The molecule has 0 aliphatic heterocycles. The number of halogens is 1. The average Bonchev–Trinajstić information content (AvgIpc) is 3.19. The number of nitrogens with zero attached hydrogens (tertiary/aromatic N) is 3. The van der Waals surface area contributed by atoms with Gasteiger partial charge in [-0.2, -0.15) is 0 Å². The third kappa shape index (κ3) is 5.92. The lowest BCUT2D eigenvalue weighted by atomic mass is 10.1. The maximum atomic E-state index is 12.5. The Labute approximate surface area is 202 Å². The second kappa shape index (κ2) is 11.0. The molecule has 8 heteroatoms. The number of anilines is 1. The fourth-order valence-corrected chi connectivity index (χ4v) is 4.62. The van der Waals surface area contributed by atoms with Crippen LogP contribution in [0, 0.1) is 13.8 Å². The Hall–Kier alpha value is -2.32. The van der Waals surface area contributed by atoms with E-state index >= 15 is 0 Å². The zero-order valence-electron chi connectivity index (χ0n) is 19.1. The van der Waals surface area contributed by atoms with Crippen molar-refractivity contribution in [2.75, 3.05) is 11.1 Å². The smallest absolute Gasteiger partial charge is 0.234 e. The number of carbonyl (C=O) groups is 1. The summed E-state index contributed by atoms with van der Waals surface area (Å²) in [6.07, 6.45) is 0.735. The summed E-state index contributed by atoms with van der Waals surface area (Å²) in [6, 6.07) is 12.1. The highest BCUT2D eigenvalue weighted by molar-refractivity contribution is 9.10. The molecule has 1 atom stereocenters. The molecule has 170 valence electrons. The molecule has 0 fully saturated rings. The van der Waals surface area contributed by atoms with Gasteiger partial charge in [0.15, 0.2) is 17.1 Å². The Morgan fingerprint density at radius 2 is 1.84 bits per heavy atom. The third-order valence-corrected chi connectivity index (χ3v) is 6.88. The lowest BCUT2D eigenvalue weighted by Gasteiger charge is -2.16. The van der Waals surface area contributed by atoms with Crippen LogP contribution in [0.15, 0.2) is 46.0 Å². The molecule has 6 nitrogen and oxygen atoms in total. The van der Waals surface area contributed by atoms with Gasteiger partial charge in [-0.3, -0.25) is 4.79 Å². The van der Waals surface area contributed by atoms with Crippen molar-refractivity contribution in [1.29, 1.82) is 0 Å². The molecule has 1 amide bonds. The van der Waals surface area contributed by atoms with Gasteiger partial charge in [0.1, 0.15) is 5.75 Å². The molecular formula is C24H29BrN4O2S. The molecule has 0 spiro atoms. The second-order valence-corrected chi connectivity index (χ2v) is 9.39. The van der Waals surface area contributed by atoms with Crippen molar-refractivity contribution in [3.05, 3.63) is 63.4 Å². The number of hydrogen-bond acceptors (Lipinski definition) is 5. The molecule has 3 rings (SSSR count). The van der Waals surface area contributed by atoms with Crippen molar-refractivity contribution < 1.29 is 9.53 Å². The first-order chi connectivity index (χ1) is 15.3. The highest BCUT2D eigenvalue weighted by atomic mass is 79.9. The maximum Gasteiger partial charge on any atom is 0.234 e. The third-order valence-electron chi connectivity index (χ3n) is 5.26. The van der Waals surface area contributed by atoms with Crippen molar-refractivity contribution in [1.82, 2.24) is 14.8 Å². The second-order valence-electron chi connectivity index (χ2n) is 7.60. The van der Waals surface area contributed by atoms with Gasteiger partial charge in [0.25, 0.3) is 0 Å². The Balaban J connectivity index is 1.64. The van der Waals surface area contributed by atoms with Gasteiger partial charge >= 0.3 is 0 Å². The molecule has 32 heavy (non-hydrogen) atoms. The predicted molar refractivity (Wildman–Crippen MR) is 134 cm³/mol. The van der Waals surface area contributed by atoms with E-state index in [0.717, 1.165) is 33.7 Å². The fraction of sp³-hybridized carbons (Fsp3) is 0.375. The monoisotopic (exact) mass is 516 g/mol. The van der Waals surface area contributed by atoms with E-state index in [4.69, 9.17) is 4.74 Å². The molecule has 0 unspecified atom stereocenters. The number of hydrogen-bond donors (Lipinski definition) is 1. The number of thioether (sulfide) groups is 1. The quantitative estimate of drug-likeness (QED) is 0.347. The van der Waals surface area contributed by atoms with Crippen LogP contribution in [0.5, 0.6) is 5.75 Å². The largest absolute Gasteiger partial charge is 0.483 e. The van der Waals surface area contributed by atoms with E-state index in [9.17, 15) is 4.79 Å². The van der Waals surface area contributed by atoms with Gasteiger partial charge in [-0.25, -0.2) is 0 Å². The van der Waals surface area contributed by atoms with Crippen molar-refractivity contribution in [2.24, 2.45) is 0 Å². The van der Waals surface area contributed by atoms with E-state index in [0.29, 0.717) is 11.7 Å². The van der Waals surface area contributed by atoms with Gasteiger partial charge in [-0.1, -0.05) is 30.8 Å². The summed E-state index contributed by atoms with van der Waals surface area (Å²) in [5, 5.41) is 12.3. The number of rotatable bonds is 9. The zero-order chi connectivity index (χ0) is 23.3. The number of carbonyl (C=O) groups excluding carboxylic acids is 1. The van der Waals surface area contributed by atoms with Gasteiger partial charge in [-0.15, -0.1) is 10.2 Å². The van der Waals surface area contributed by atoms with Crippen LogP contribution in [0.2, 0.25) is 0 Å². The average molecular weight is 517 g/mol. The molecule has 0 aliphatic rings. The molecule has 1 aromatic heterocycles. The van der Waals surface area contributed by atoms with Crippen molar-refractivity contribution in [3.8, 4) is 5.75 Å². The van der Waals surface area contributed by atoms with Crippen LogP contribution in [0.4, 0.5) is 5.69 Å². The number of aromatic nitrogens is 3. The minimum absolute atomic E-state index is 0.0912. The van der Waals surface area contributed by atoms with E-state index in [-0.39, 0.29) is 17.8 Å². The van der Waals surface area contributed by atoms with Crippen LogP contribution >= 0.6 is 27.7 Å². The summed E-state index contributed by atoms with van der Waals surface area (Å²) >= 11 is 4.89. The number of aryl methyl sites for hydroxylation is 3. The highest BCUT2D eigenvalue weighted by Crippen LogP contribution is 2.28. The van der Waals surface area contributed by atoms with Gasteiger partial charge in [0, 0.05) is 11.0 Å². The van der Waals surface area contributed by atoms with Crippen molar-refractivity contribution >= 4 is 39.3 Å². The van der Waals surface area contributed by atoms with Gasteiger partial charge in [0.2, 0.25) is 5.91 Å². The number of nitrogens with one attached hydrogen (secondary N) is 1.